The van der Waals surface area contributed by atoms with E-state index < -0.39 is 18.2 Å². The fourth-order valence-corrected chi connectivity index (χ4v) is 3.68. The zero-order valence-corrected chi connectivity index (χ0v) is 19.2. The van der Waals surface area contributed by atoms with E-state index in [2.05, 4.69) is 4.74 Å². The Morgan fingerprint density at radius 3 is 2.49 bits per heavy atom. The van der Waals surface area contributed by atoms with E-state index in [1.165, 1.54) is 14.2 Å². The van der Waals surface area contributed by atoms with E-state index in [4.69, 9.17) is 9.47 Å². The molecule has 0 fully saturated rings. The summed E-state index contributed by atoms with van der Waals surface area (Å²) in [4.78, 5) is 22.6. The Labute approximate surface area is 200 Å². The fraction of sp³-hybridized carbons (Fsp3) is 0.280. The van der Waals surface area contributed by atoms with Gasteiger partial charge in [0.15, 0.2) is 0 Å². The average Bonchev–Trinajstić information content (AvgIpc) is 3.13. The lowest BCUT2D eigenvalue weighted by atomic mass is 10.1. The molecule has 186 valence electrons. The minimum atomic E-state index is -4.96. The van der Waals surface area contributed by atoms with E-state index in [1.807, 2.05) is 46.3 Å². The van der Waals surface area contributed by atoms with Crippen molar-refractivity contribution in [3.8, 4) is 5.75 Å². The van der Waals surface area contributed by atoms with Crippen molar-refractivity contribution in [1.82, 2.24) is 9.88 Å². The smallest absolute Gasteiger partial charge is 0.497 e. The number of methoxy groups -OCH3 is 2. The van der Waals surface area contributed by atoms with Crippen molar-refractivity contribution in [1.29, 1.82) is 0 Å². The summed E-state index contributed by atoms with van der Waals surface area (Å²) in [5, 5.41) is 2.70. The van der Waals surface area contributed by atoms with E-state index >= 15 is 0 Å². The number of nitrogens with one attached hydrogen (secondary N) is 1. The lowest BCUT2D eigenvalue weighted by molar-refractivity contribution is -0.173. The minimum Gasteiger partial charge on any atom is -0.497 e. The van der Waals surface area contributed by atoms with Gasteiger partial charge in [-0.15, -0.1) is 0 Å². The third-order valence-corrected chi connectivity index (χ3v) is 5.26. The molecular weight excluding hydrogens is 465 g/mol. The molecule has 2 aromatic carbocycles. The third kappa shape index (κ3) is 6.56. The number of rotatable bonds is 9. The Balaban J connectivity index is 2.04. The van der Waals surface area contributed by atoms with Gasteiger partial charge in [0.25, 0.3) is 0 Å². The second kappa shape index (κ2) is 11.5. The number of hydrogen-bond acceptors (Lipinski definition) is 5. The zero-order valence-electron chi connectivity index (χ0n) is 19.2. The lowest BCUT2D eigenvalue weighted by Crippen LogP contribution is -2.37. The first-order valence-electron chi connectivity index (χ1n) is 10.7. The molecule has 0 unspecified atom stereocenters. The van der Waals surface area contributed by atoms with Crippen molar-refractivity contribution >= 4 is 29.0 Å². The predicted octanol–water partition coefficient (Wildman–Crippen LogP) is 4.72. The molecule has 0 aliphatic carbocycles. The Bertz CT molecular complexity index is 1200. The molecule has 7 nitrogen and oxygen atoms in total. The van der Waals surface area contributed by atoms with Crippen LogP contribution in [-0.4, -0.2) is 50.2 Å². The predicted molar refractivity (Wildman–Crippen MR) is 124 cm³/mol. The van der Waals surface area contributed by atoms with Crippen molar-refractivity contribution in [3.63, 3.8) is 0 Å². The molecule has 10 heteroatoms. The molecule has 0 bridgehead atoms. The van der Waals surface area contributed by atoms with E-state index in [1.54, 1.807) is 24.3 Å². The van der Waals surface area contributed by atoms with Crippen molar-refractivity contribution < 1.29 is 37.0 Å². The van der Waals surface area contributed by atoms with Crippen LogP contribution >= 0.6 is 0 Å². The van der Waals surface area contributed by atoms with Gasteiger partial charge in [-0.2, -0.15) is 13.2 Å². The molecule has 35 heavy (non-hydrogen) atoms. The summed E-state index contributed by atoms with van der Waals surface area (Å²) in [5.74, 6) is -1.41. The summed E-state index contributed by atoms with van der Waals surface area (Å²) >= 11 is 0. The molecule has 1 amide bonds. The van der Waals surface area contributed by atoms with Crippen molar-refractivity contribution in [2.45, 2.75) is 19.1 Å². The van der Waals surface area contributed by atoms with Crippen LogP contribution in [0.4, 0.5) is 18.0 Å². The highest BCUT2D eigenvalue weighted by Gasteiger charge is 2.38. The normalized spacial score (nSPS) is 11.6. The summed E-state index contributed by atoms with van der Waals surface area (Å²) in [6, 6.07) is 15.1. The van der Waals surface area contributed by atoms with Crippen molar-refractivity contribution in [2.24, 2.45) is 0 Å². The number of carbonyl (C=O) groups is 2. The number of benzene rings is 2. The summed E-state index contributed by atoms with van der Waals surface area (Å²) in [7, 11) is 2.72. The number of ether oxygens (including phenoxy) is 3. The van der Waals surface area contributed by atoms with Gasteiger partial charge in [-0.3, -0.25) is 4.79 Å². The number of nitrogens with zero attached hydrogens (tertiary/aromatic N) is 1. The standard InChI is InChI=1S/C25H25F3N2O5/c1-33-18-10-11-22-20(15-18)19(12-13-29-23(31)25(26,27)28)21(9-6-14-35-24(32)34-2)30(22)16-17-7-4-3-5-8-17/h3-11,15H,12-14,16H2,1-2H3,(H,29,31)/b9-6+. The molecule has 0 aliphatic heterocycles. The molecule has 1 heterocycles. The lowest BCUT2D eigenvalue weighted by Gasteiger charge is -2.11. The maximum absolute atomic E-state index is 12.7. The number of carbonyl (C=O) groups excluding carboxylic acids is 2. The fourth-order valence-electron chi connectivity index (χ4n) is 3.68. The van der Waals surface area contributed by atoms with Gasteiger partial charge in [-0.05, 0) is 47.9 Å². The number of amides is 1. The highest BCUT2D eigenvalue weighted by molar-refractivity contribution is 5.90. The topological polar surface area (TPSA) is 78.8 Å². The monoisotopic (exact) mass is 490 g/mol. The molecule has 3 aromatic rings. The van der Waals surface area contributed by atoms with E-state index in [0.29, 0.717) is 23.6 Å². The molecule has 0 spiro atoms. The number of halogens is 3. The quantitative estimate of drug-likeness (QED) is 0.440. The van der Waals surface area contributed by atoms with Crippen LogP contribution in [0.2, 0.25) is 0 Å². The van der Waals surface area contributed by atoms with Crippen LogP contribution in [0.15, 0.2) is 54.6 Å². The molecule has 1 aromatic heterocycles. The summed E-state index contributed by atoms with van der Waals surface area (Å²) in [6.45, 7) is 0.197. The first kappa shape index (κ1) is 25.7. The second-order valence-corrected chi connectivity index (χ2v) is 7.49. The number of hydrogen-bond donors (Lipinski definition) is 1. The first-order valence-corrected chi connectivity index (χ1v) is 10.7. The summed E-state index contributed by atoms with van der Waals surface area (Å²) in [5.41, 5.74) is 3.26. The Morgan fingerprint density at radius 2 is 1.83 bits per heavy atom. The molecule has 0 radical (unpaired) electrons. The van der Waals surface area contributed by atoms with Crippen LogP contribution in [0.25, 0.3) is 17.0 Å². The largest absolute Gasteiger partial charge is 0.508 e. The Morgan fingerprint density at radius 1 is 1.09 bits per heavy atom. The van der Waals surface area contributed by atoms with Crippen LogP contribution in [0, 0.1) is 0 Å². The van der Waals surface area contributed by atoms with Crippen LogP contribution < -0.4 is 10.1 Å². The molecule has 3 rings (SSSR count). The van der Waals surface area contributed by atoms with Crippen LogP contribution in [0.1, 0.15) is 16.8 Å². The van der Waals surface area contributed by atoms with Gasteiger partial charge < -0.3 is 24.1 Å². The van der Waals surface area contributed by atoms with Gasteiger partial charge in [0.1, 0.15) is 12.4 Å². The Hall–Kier alpha value is -3.95. The summed E-state index contributed by atoms with van der Waals surface area (Å²) < 4.78 is 54.7. The van der Waals surface area contributed by atoms with Crippen molar-refractivity contribution in [3.05, 3.63) is 71.4 Å². The maximum Gasteiger partial charge on any atom is 0.508 e. The molecule has 0 aliphatic rings. The molecule has 0 atom stereocenters. The molecule has 1 N–H and O–H groups in total. The highest BCUT2D eigenvalue weighted by atomic mass is 19.4. The van der Waals surface area contributed by atoms with E-state index in [9.17, 15) is 22.8 Å². The minimum absolute atomic E-state index is 0.0624. The molecule has 0 saturated heterocycles. The zero-order chi connectivity index (χ0) is 25.4. The SMILES string of the molecule is COC(=O)OC/C=C/c1c(CCNC(=O)C(F)(F)F)c2cc(OC)ccc2n1Cc1ccccc1. The summed E-state index contributed by atoms with van der Waals surface area (Å²) in [6.07, 6.45) is -2.32. The maximum atomic E-state index is 12.7. The van der Waals surface area contributed by atoms with Crippen LogP contribution in [-0.2, 0) is 27.2 Å². The van der Waals surface area contributed by atoms with Gasteiger partial charge in [0.05, 0.1) is 14.2 Å². The average molecular weight is 490 g/mol. The van der Waals surface area contributed by atoms with Gasteiger partial charge in [0.2, 0.25) is 0 Å². The Kier molecular flexibility index (Phi) is 8.40. The third-order valence-electron chi connectivity index (χ3n) is 5.26. The second-order valence-electron chi connectivity index (χ2n) is 7.49. The molecular formula is C25H25F3N2O5. The first-order chi connectivity index (χ1) is 16.7. The number of alkyl halides is 3. The van der Waals surface area contributed by atoms with E-state index in [0.717, 1.165) is 16.5 Å². The number of aromatic nitrogens is 1. The van der Waals surface area contributed by atoms with Gasteiger partial charge in [-0.25, -0.2) is 4.79 Å². The van der Waals surface area contributed by atoms with E-state index in [-0.39, 0.29) is 19.6 Å². The van der Waals surface area contributed by atoms with Gasteiger partial charge >= 0.3 is 18.2 Å². The van der Waals surface area contributed by atoms with Crippen LogP contribution in [0.5, 0.6) is 5.75 Å². The highest BCUT2D eigenvalue weighted by Crippen LogP contribution is 2.32. The van der Waals surface area contributed by atoms with Crippen molar-refractivity contribution in [2.75, 3.05) is 27.4 Å². The van der Waals surface area contributed by atoms with Gasteiger partial charge in [-0.1, -0.05) is 30.3 Å². The van der Waals surface area contributed by atoms with Gasteiger partial charge in [0, 0.05) is 29.7 Å². The van der Waals surface area contributed by atoms with Crippen LogP contribution in [0.3, 0.4) is 0 Å². The number of fused-ring (bicyclic) bond motifs is 1. The molecule has 0 saturated carbocycles.